The summed E-state index contributed by atoms with van der Waals surface area (Å²) >= 11 is 1.95. The van der Waals surface area contributed by atoms with Gasteiger partial charge in [-0.05, 0) is 93.0 Å². The topological polar surface area (TPSA) is 0 Å². The zero-order chi connectivity index (χ0) is 33.7. The zero-order valence-electron chi connectivity index (χ0n) is 30.6. The maximum atomic E-state index is 2.38. The molecule has 0 spiro atoms. The number of hydrogen-bond donors (Lipinski definition) is 0. The van der Waals surface area contributed by atoms with Gasteiger partial charge in [0.05, 0.1) is 0 Å². The number of hydrogen-bond acceptors (Lipinski definition) is 1. The summed E-state index contributed by atoms with van der Waals surface area (Å²) in [6.07, 6.45) is 11.8. The van der Waals surface area contributed by atoms with Gasteiger partial charge >= 0.3 is 147 Å². The van der Waals surface area contributed by atoms with Crippen LogP contribution >= 0.6 is 11.3 Å². The van der Waals surface area contributed by atoms with E-state index in [9.17, 15) is 0 Å². The van der Waals surface area contributed by atoms with Crippen molar-refractivity contribution in [1.29, 1.82) is 0 Å². The van der Waals surface area contributed by atoms with E-state index in [1.807, 2.05) is 11.3 Å². The third-order valence-electron chi connectivity index (χ3n) is 11.2. The van der Waals surface area contributed by atoms with Crippen LogP contribution in [-0.2, 0) is 0 Å². The van der Waals surface area contributed by atoms with Crippen LogP contribution < -0.4 is 0 Å². The van der Waals surface area contributed by atoms with E-state index < -0.39 is 0 Å². The molecule has 1 heterocycles. The second-order valence-corrected chi connectivity index (χ2v) is 16.6. The molecule has 0 nitrogen and oxygen atoms in total. The molecule has 1 aromatic heterocycles. The average molecular weight is 867 g/mol. The van der Waals surface area contributed by atoms with E-state index in [4.69, 9.17) is 0 Å². The smallest absolute Gasteiger partial charge is 0.0400 e. The van der Waals surface area contributed by atoms with Crippen molar-refractivity contribution >= 4 is 41.7 Å². The van der Waals surface area contributed by atoms with Crippen molar-refractivity contribution in [3.8, 4) is 10.4 Å². The van der Waals surface area contributed by atoms with Crippen LogP contribution in [0, 0.1) is 104 Å². The first-order valence-electron chi connectivity index (χ1n) is 16.3. The number of rotatable bonds is 6. The fraction of sp³-hybridized carbons (Fsp3) is 0.349. The minimum Gasteiger partial charge on any atom is -0.0400 e. The van der Waals surface area contributed by atoms with E-state index in [0.29, 0.717) is 0 Å². The number of aryl methyl sites for hydroxylation is 1. The molecule has 0 unspecified atom stereocenters. The summed E-state index contributed by atoms with van der Waals surface area (Å²) in [6.45, 7) is 36.7. The van der Waals surface area contributed by atoms with Gasteiger partial charge in [-0.15, -0.1) is 11.3 Å². The van der Waals surface area contributed by atoms with Gasteiger partial charge in [0, 0.05) is 9.75 Å². The van der Waals surface area contributed by atoms with Crippen molar-refractivity contribution in [2.75, 3.05) is 0 Å². The molecule has 0 aliphatic heterocycles. The Bertz CT molecular complexity index is 1850. The van der Waals surface area contributed by atoms with Crippen molar-refractivity contribution in [2.45, 2.75) is 104 Å². The van der Waals surface area contributed by atoms with Gasteiger partial charge < -0.3 is 0 Å². The van der Waals surface area contributed by atoms with Crippen molar-refractivity contribution < 1.29 is 0 Å². The summed E-state index contributed by atoms with van der Waals surface area (Å²) in [5.74, 6) is 0. The Labute approximate surface area is 272 Å². The van der Waals surface area contributed by atoms with Crippen LogP contribution in [0.1, 0.15) is 111 Å². The summed E-state index contributed by atoms with van der Waals surface area (Å²) in [5.41, 5.74) is 27.8. The van der Waals surface area contributed by atoms with Gasteiger partial charge in [0.25, 0.3) is 0 Å². The van der Waals surface area contributed by atoms with Crippen LogP contribution in [0.4, 0.5) is 0 Å². The molecule has 0 bridgehead atoms. The fourth-order valence-corrected chi connectivity index (χ4v) is 9.50. The molecule has 0 radical (unpaired) electrons. The molecule has 4 rings (SSSR count). The van der Waals surface area contributed by atoms with Crippen LogP contribution in [0.3, 0.4) is 0 Å². The van der Waals surface area contributed by atoms with E-state index in [1.54, 1.807) is 0 Å². The summed E-state index contributed by atoms with van der Waals surface area (Å²) in [4.78, 5) is 2.87. The maximum absolute atomic E-state index is 2.38. The number of thiophene rings is 1. The molecule has 3 aromatic carbocycles. The van der Waals surface area contributed by atoms with Crippen LogP contribution in [0.5, 0.6) is 0 Å². The first-order chi connectivity index (χ1) is 21.1. The average Bonchev–Trinajstić information content (AvgIpc) is 3.25. The molecule has 0 aliphatic carbocycles. The molecule has 45 heavy (non-hydrogen) atoms. The van der Waals surface area contributed by atoms with Gasteiger partial charge in [0.1, 0.15) is 0 Å². The fourth-order valence-electron chi connectivity index (χ4n) is 7.10. The first kappa shape index (κ1) is 33.5. The van der Waals surface area contributed by atoms with Gasteiger partial charge in [0.2, 0.25) is 0 Å². The summed E-state index contributed by atoms with van der Waals surface area (Å²) < 4.78 is 0.564. The van der Waals surface area contributed by atoms with Crippen LogP contribution in [0.2, 0.25) is 0 Å². The third kappa shape index (κ3) is 5.53. The zero-order valence-corrected chi connectivity index (χ0v) is 37.8. The van der Waals surface area contributed by atoms with Gasteiger partial charge in [-0.25, -0.2) is 0 Å². The predicted octanol–water partition coefficient (Wildman–Crippen LogP) is 12.9. The Kier molecular flexibility index (Phi) is 9.32. The first-order valence-corrected chi connectivity index (χ1v) is 20.8. The predicted molar refractivity (Wildman–Crippen MR) is 201 cm³/mol. The van der Waals surface area contributed by atoms with Crippen LogP contribution in [0.15, 0.2) is 6.58 Å². The van der Waals surface area contributed by atoms with Gasteiger partial charge in [-0.3, -0.25) is 0 Å². The molecule has 2 heteroatoms. The molecule has 0 atom stereocenters. The third-order valence-corrected chi connectivity index (χ3v) is 13.6. The molecular formula is C43H51RfS. The van der Waals surface area contributed by atoms with Gasteiger partial charge in [0.15, 0.2) is 0 Å². The Hall–Kier alpha value is -4.42. The van der Waals surface area contributed by atoms with Crippen molar-refractivity contribution in [2.24, 2.45) is 0 Å². The van der Waals surface area contributed by atoms with E-state index in [2.05, 4.69) is 141 Å². The second kappa shape index (κ2) is 12.5. The van der Waals surface area contributed by atoms with Crippen LogP contribution in [-0.4, -0.2) is 0 Å². The van der Waals surface area contributed by atoms with Crippen molar-refractivity contribution in [3.05, 3.63) is 117 Å². The standard InChI is InChI=1S/C43H51S.Rf/c1-17-37-23(3)25(5)38(26(6)24(37)4)18-19-39-27(7)29(9)40(30(10)28(39)8)20-21-41-31(11)33(13)42(34(14)32(41)12)43-35(15)22(2)36(16)44-43;/h1,17-21H,2-16H3;. The normalized spacial score (nSPS) is 12.2. The Morgan fingerprint density at radius 2 is 0.600 bits per heavy atom. The summed E-state index contributed by atoms with van der Waals surface area (Å²) in [6, 6.07) is 0. The molecule has 0 fully saturated rings. The molecule has 4 aromatic rings. The quantitative estimate of drug-likeness (QED) is 0.169. The molecule has 231 valence electrons. The van der Waals surface area contributed by atoms with Crippen molar-refractivity contribution in [1.82, 2.24) is 0 Å². The molecular weight excluding hydrogens is 816 g/mol. The molecule has 0 N–H and O–H groups in total. The second-order valence-electron chi connectivity index (χ2n) is 13.2. The summed E-state index contributed by atoms with van der Waals surface area (Å²) in [7, 11) is 0. The molecule has 0 amide bonds. The Morgan fingerprint density at radius 1 is 0.333 bits per heavy atom. The van der Waals surface area contributed by atoms with Crippen LogP contribution in [0.25, 0.3) is 40.8 Å². The monoisotopic (exact) mass is 866 g/mol. The number of benzene rings is 3. The van der Waals surface area contributed by atoms with Gasteiger partial charge in [-0.1, -0.05) is 12.2 Å². The van der Waals surface area contributed by atoms with E-state index in [-0.39, 0.29) is 0 Å². The minimum atomic E-state index is 0.564. The Morgan fingerprint density at radius 3 is 0.844 bits per heavy atom. The van der Waals surface area contributed by atoms with Crippen molar-refractivity contribution in [3.63, 3.8) is 0 Å². The molecule has 0 aliphatic rings. The van der Waals surface area contributed by atoms with Gasteiger partial charge in [-0.2, -0.15) is 0 Å². The summed E-state index contributed by atoms with van der Waals surface area (Å²) in [5, 5.41) is 0. The van der Waals surface area contributed by atoms with E-state index in [0.717, 1.165) is 0 Å². The SMILES string of the molecule is Cc1sc(-c2c(C)c(C)c(C=Cc3c(C)c(C)c(C=Cc4c(C)c(C)c(C=[CH][Rf])c(C)c4C)c(C)c3C)c(C)c2C)c(C)c1C. The Balaban J connectivity index is 1.80. The molecule has 0 saturated heterocycles. The minimum absolute atomic E-state index is 0.564. The van der Waals surface area contributed by atoms with E-state index >= 15 is 0 Å². The van der Waals surface area contributed by atoms with E-state index in [1.165, 1.54) is 121 Å². The molecule has 0 saturated carbocycles.